The topological polar surface area (TPSA) is 47.2 Å². The number of nitrogens with one attached hydrogen (secondary N) is 1. The van der Waals surface area contributed by atoms with Gasteiger partial charge in [0.25, 0.3) is 5.91 Å². The number of rotatable bonds is 6. The Morgan fingerprint density at radius 2 is 1.93 bits per heavy atom. The molecule has 0 unspecified atom stereocenters. The van der Waals surface area contributed by atoms with Gasteiger partial charge in [-0.05, 0) is 42.3 Å². The second-order valence-corrected chi connectivity index (χ2v) is 7.96. The van der Waals surface area contributed by atoms with Gasteiger partial charge < -0.3 is 14.3 Å². The van der Waals surface area contributed by atoms with Crippen LogP contribution in [0.1, 0.15) is 27.2 Å². The zero-order valence-corrected chi connectivity index (χ0v) is 17.9. The van der Waals surface area contributed by atoms with Crippen molar-refractivity contribution in [2.24, 2.45) is 0 Å². The summed E-state index contributed by atoms with van der Waals surface area (Å²) in [4.78, 5) is 13.2. The third-order valence-corrected chi connectivity index (χ3v) is 5.39. The van der Waals surface area contributed by atoms with E-state index in [0.717, 1.165) is 16.7 Å². The average molecular weight is 467 g/mol. The highest BCUT2D eigenvalue weighted by Gasteiger charge is 2.23. The highest BCUT2D eigenvalue weighted by Crippen LogP contribution is 2.30. The van der Waals surface area contributed by atoms with Crippen LogP contribution in [0.4, 0.5) is 4.39 Å². The Morgan fingerprint density at radius 1 is 1.13 bits per heavy atom. The Morgan fingerprint density at radius 3 is 2.63 bits per heavy atom. The standard InChI is InChI=1S/C24H20BrFN2O2/c1-16-14-28(15-17-6-3-2-4-7-17)23(22(16)21-8-5-11-30-21)24(29)27-13-18-9-10-19(25)12-20(18)26/h2-12,14H,13,15H2,1H3,(H,27,29). The largest absolute Gasteiger partial charge is 0.464 e. The number of aromatic nitrogens is 1. The Labute approximate surface area is 182 Å². The molecule has 0 spiro atoms. The first-order valence-electron chi connectivity index (χ1n) is 9.52. The molecule has 152 valence electrons. The van der Waals surface area contributed by atoms with Crippen molar-refractivity contribution in [1.29, 1.82) is 0 Å². The zero-order chi connectivity index (χ0) is 21.1. The van der Waals surface area contributed by atoms with Crippen LogP contribution in [0.3, 0.4) is 0 Å². The Balaban J connectivity index is 1.67. The summed E-state index contributed by atoms with van der Waals surface area (Å²) < 4.78 is 22.3. The van der Waals surface area contributed by atoms with Crippen LogP contribution in [0, 0.1) is 12.7 Å². The maximum absolute atomic E-state index is 14.2. The van der Waals surface area contributed by atoms with Crippen LogP contribution >= 0.6 is 15.9 Å². The lowest BCUT2D eigenvalue weighted by molar-refractivity contribution is 0.0942. The molecule has 0 fully saturated rings. The number of hydrogen-bond donors (Lipinski definition) is 1. The predicted octanol–water partition coefficient (Wildman–Crippen LogP) is 5.94. The van der Waals surface area contributed by atoms with Crippen LogP contribution in [-0.2, 0) is 13.1 Å². The SMILES string of the molecule is Cc1cn(Cc2ccccc2)c(C(=O)NCc2ccc(Br)cc2F)c1-c1ccco1. The minimum absolute atomic E-state index is 0.0884. The van der Waals surface area contributed by atoms with Gasteiger partial charge in [0, 0.05) is 29.3 Å². The highest BCUT2D eigenvalue weighted by atomic mass is 79.9. The second-order valence-electron chi connectivity index (χ2n) is 7.04. The quantitative estimate of drug-likeness (QED) is 0.382. The minimum Gasteiger partial charge on any atom is -0.464 e. The van der Waals surface area contributed by atoms with Gasteiger partial charge in [0.1, 0.15) is 17.3 Å². The number of hydrogen-bond acceptors (Lipinski definition) is 2. The summed E-state index contributed by atoms with van der Waals surface area (Å²) in [5.74, 6) is -0.0289. The van der Waals surface area contributed by atoms with Gasteiger partial charge >= 0.3 is 0 Å². The first kappa shape index (κ1) is 20.2. The van der Waals surface area contributed by atoms with Gasteiger partial charge in [-0.15, -0.1) is 0 Å². The summed E-state index contributed by atoms with van der Waals surface area (Å²) in [6.07, 6.45) is 3.53. The lowest BCUT2D eigenvalue weighted by Gasteiger charge is -2.12. The summed E-state index contributed by atoms with van der Waals surface area (Å²) in [7, 11) is 0. The molecule has 2 heterocycles. The Bertz CT molecular complexity index is 1170. The molecule has 1 amide bonds. The lowest BCUT2D eigenvalue weighted by atomic mass is 10.1. The zero-order valence-electron chi connectivity index (χ0n) is 16.4. The molecule has 4 nitrogen and oxygen atoms in total. The Kier molecular flexibility index (Phi) is 5.86. The van der Waals surface area contributed by atoms with Crippen molar-refractivity contribution >= 4 is 21.8 Å². The lowest BCUT2D eigenvalue weighted by Crippen LogP contribution is -2.26. The Hall–Kier alpha value is -3.12. The fraction of sp³-hybridized carbons (Fsp3) is 0.125. The molecule has 6 heteroatoms. The number of aryl methyl sites for hydroxylation is 1. The number of benzene rings is 2. The highest BCUT2D eigenvalue weighted by molar-refractivity contribution is 9.10. The molecule has 2 aromatic carbocycles. The molecule has 4 rings (SSSR count). The van der Waals surface area contributed by atoms with Gasteiger partial charge in [0.05, 0.1) is 11.8 Å². The molecule has 0 aliphatic heterocycles. The van der Waals surface area contributed by atoms with Gasteiger partial charge in [-0.25, -0.2) is 4.39 Å². The van der Waals surface area contributed by atoms with Crippen LogP contribution in [0.5, 0.6) is 0 Å². The summed E-state index contributed by atoms with van der Waals surface area (Å²) in [5, 5.41) is 2.86. The fourth-order valence-electron chi connectivity index (χ4n) is 3.50. The van der Waals surface area contributed by atoms with E-state index >= 15 is 0 Å². The minimum atomic E-state index is -0.369. The number of furan rings is 1. The van der Waals surface area contributed by atoms with Crippen molar-refractivity contribution in [1.82, 2.24) is 9.88 Å². The van der Waals surface area contributed by atoms with E-state index in [1.54, 1.807) is 24.5 Å². The van der Waals surface area contributed by atoms with Gasteiger partial charge in [0.15, 0.2) is 0 Å². The molecular formula is C24H20BrFN2O2. The summed E-state index contributed by atoms with van der Waals surface area (Å²) in [6.45, 7) is 2.58. The van der Waals surface area contributed by atoms with Crippen LogP contribution in [0.2, 0.25) is 0 Å². The molecule has 0 aliphatic rings. The van der Waals surface area contributed by atoms with Gasteiger partial charge in [-0.1, -0.05) is 52.3 Å². The van der Waals surface area contributed by atoms with Crippen molar-refractivity contribution in [3.63, 3.8) is 0 Å². The van der Waals surface area contributed by atoms with Crippen molar-refractivity contribution in [3.05, 3.63) is 106 Å². The summed E-state index contributed by atoms with van der Waals surface area (Å²) in [5.41, 5.74) is 3.66. The first-order chi connectivity index (χ1) is 14.5. The van der Waals surface area contributed by atoms with E-state index in [4.69, 9.17) is 4.42 Å². The number of nitrogens with zero attached hydrogens (tertiary/aromatic N) is 1. The van der Waals surface area contributed by atoms with E-state index in [0.29, 0.717) is 28.0 Å². The van der Waals surface area contributed by atoms with Gasteiger partial charge in [-0.2, -0.15) is 0 Å². The number of amides is 1. The third-order valence-electron chi connectivity index (χ3n) is 4.90. The van der Waals surface area contributed by atoms with Crippen molar-refractivity contribution in [2.45, 2.75) is 20.0 Å². The molecule has 0 saturated carbocycles. The van der Waals surface area contributed by atoms with Crippen molar-refractivity contribution < 1.29 is 13.6 Å². The van der Waals surface area contributed by atoms with Gasteiger partial charge in [-0.3, -0.25) is 4.79 Å². The van der Waals surface area contributed by atoms with Crippen LogP contribution in [-0.4, -0.2) is 10.5 Å². The molecule has 1 N–H and O–H groups in total. The van der Waals surface area contributed by atoms with E-state index in [2.05, 4.69) is 21.2 Å². The van der Waals surface area contributed by atoms with Crippen LogP contribution in [0.25, 0.3) is 11.3 Å². The normalized spacial score (nSPS) is 10.9. The molecular weight excluding hydrogens is 447 g/mol. The van der Waals surface area contributed by atoms with E-state index < -0.39 is 0 Å². The van der Waals surface area contributed by atoms with Crippen molar-refractivity contribution in [2.75, 3.05) is 0 Å². The molecule has 0 radical (unpaired) electrons. The molecule has 2 aromatic heterocycles. The number of halogens is 2. The van der Waals surface area contributed by atoms with Crippen molar-refractivity contribution in [3.8, 4) is 11.3 Å². The molecule has 0 atom stereocenters. The maximum atomic E-state index is 14.2. The van der Waals surface area contributed by atoms with Crippen LogP contribution in [0.15, 0.2) is 82.0 Å². The summed E-state index contributed by atoms with van der Waals surface area (Å²) in [6, 6.07) is 18.3. The van der Waals surface area contributed by atoms with Gasteiger partial charge in [0.2, 0.25) is 0 Å². The van der Waals surface area contributed by atoms with E-state index in [9.17, 15) is 9.18 Å². The number of carbonyl (C=O) groups is 1. The second kappa shape index (κ2) is 8.71. The fourth-order valence-corrected chi connectivity index (χ4v) is 3.83. The smallest absolute Gasteiger partial charge is 0.268 e. The molecule has 0 aliphatic carbocycles. The molecule has 0 saturated heterocycles. The monoisotopic (exact) mass is 466 g/mol. The third kappa shape index (κ3) is 4.24. The summed E-state index contributed by atoms with van der Waals surface area (Å²) >= 11 is 3.25. The van der Waals surface area contributed by atoms with E-state index in [1.165, 1.54) is 6.07 Å². The average Bonchev–Trinajstić information content (AvgIpc) is 3.35. The predicted molar refractivity (Wildman–Crippen MR) is 118 cm³/mol. The first-order valence-corrected chi connectivity index (χ1v) is 10.3. The van der Waals surface area contributed by atoms with E-state index in [-0.39, 0.29) is 18.3 Å². The molecule has 4 aromatic rings. The molecule has 30 heavy (non-hydrogen) atoms. The molecule has 0 bridgehead atoms. The van der Waals surface area contributed by atoms with Crippen LogP contribution < -0.4 is 5.32 Å². The number of carbonyl (C=O) groups excluding carboxylic acids is 1. The maximum Gasteiger partial charge on any atom is 0.268 e. The van der Waals surface area contributed by atoms with E-state index in [1.807, 2.05) is 54.1 Å².